The molecule has 6 nitrogen and oxygen atoms in total. The van der Waals surface area contributed by atoms with Gasteiger partial charge >= 0.3 is 0 Å². The fraction of sp³-hybridized carbons (Fsp3) is 0.412. The minimum Gasteiger partial charge on any atom is -0.497 e. The Morgan fingerprint density at radius 2 is 1.88 bits per heavy atom. The van der Waals surface area contributed by atoms with Gasteiger partial charge in [-0.3, -0.25) is 0 Å². The summed E-state index contributed by atoms with van der Waals surface area (Å²) in [6.45, 7) is 3.20. The van der Waals surface area contributed by atoms with E-state index in [1.54, 1.807) is 30.7 Å². The number of nitrogens with one attached hydrogen (secondary N) is 1. The topological polar surface area (TPSA) is 60.3 Å². The summed E-state index contributed by atoms with van der Waals surface area (Å²) >= 11 is 6.98. The summed E-state index contributed by atoms with van der Waals surface area (Å²) in [6, 6.07) is 8.93. The second-order valence-corrected chi connectivity index (χ2v) is 9.95. The lowest BCUT2D eigenvalue weighted by molar-refractivity contribution is -0.917. The van der Waals surface area contributed by atoms with Gasteiger partial charge in [0.2, 0.25) is 0 Å². The maximum atomic E-state index is 12.7. The van der Waals surface area contributed by atoms with Gasteiger partial charge in [-0.2, -0.15) is 4.31 Å². The van der Waals surface area contributed by atoms with E-state index in [1.807, 2.05) is 18.2 Å². The molecule has 0 unspecified atom stereocenters. The van der Waals surface area contributed by atoms with Crippen molar-refractivity contribution >= 4 is 33.0 Å². The van der Waals surface area contributed by atoms with Crippen LogP contribution in [0.5, 0.6) is 11.5 Å². The predicted octanol–water partition coefficient (Wildman–Crippen LogP) is 1.51. The molecule has 1 aromatic carbocycles. The molecule has 0 bridgehead atoms. The van der Waals surface area contributed by atoms with Gasteiger partial charge in [-0.05, 0) is 30.3 Å². The van der Waals surface area contributed by atoms with E-state index in [1.165, 1.54) is 4.90 Å². The van der Waals surface area contributed by atoms with Gasteiger partial charge in [0.1, 0.15) is 22.3 Å². The minimum absolute atomic E-state index is 0.306. The molecule has 2 heterocycles. The molecular formula is C17H22ClN2O4S2+. The summed E-state index contributed by atoms with van der Waals surface area (Å²) < 4.78 is 38.4. The van der Waals surface area contributed by atoms with Crippen molar-refractivity contribution < 1.29 is 22.8 Å². The molecule has 142 valence electrons. The van der Waals surface area contributed by atoms with Crippen molar-refractivity contribution in [3.8, 4) is 11.5 Å². The molecule has 3 rings (SSSR count). The third-order valence-corrected chi connectivity index (χ3v) is 8.10. The molecule has 2 aromatic rings. The molecule has 0 atom stereocenters. The standard InChI is InChI=1S/C17H21ClN2O4S2/c1-23-14-3-4-15(24-2)13(11-14)12-19-7-9-20(10-8-19)26(21,22)17-6-5-16(18)25-17/h3-6,11H,7-10,12H2,1-2H3/p+1. The predicted molar refractivity (Wildman–Crippen MR) is 102 cm³/mol. The first kappa shape index (κ1) is 19.4. The smallest absolute Gasteiger partial charge is 0.253 e. The number of ether oxygens (including phenoxy) is 2. The van der Waals surface area contributed by atoms with Crippen LogP contribution in [-0.2, 0) is 16.6 Å². The van der Waals surface area contributed by atoms with Crippen molar-refractivity contribution in [3.05, 3.63) is 40.2 Å². The molecule has 26 heavy (non-hydrogen) atoms. The lowest BCUT2D eigenvalue weighted by Crippen LogP contribution is -3.13. The summed E-state index contributed by atoms with van der Waals surface area (Å²) in [5, 5.41) is 0. The van der Waals surface area contributed by atoms with E-state index in [4.69, 9.17) is 21.1 Å². The van der Waals surface area contributed by atoms with E-state index < -0.39 is 10.0 Å². The van der Waals surface area contributed by atoms with Crippen LogP contribution >= 0.6 is 22.9 Å². The second kappa shape index (κ2) is 8.14. The molecule has 1 N–H and O–H groups in total. The van der Waals surface area contributed by atoms with E-state index in [2.05, 4.69) is 0 Å². The number of hydrogen-bond donors (Lipinski definition) is 1. The van der Waals surface area contributed by atoms with Crippen LogP contribution in [0.25, 0.3) is 0 Å². The van der Waals surface area contributed by atoms with Gasteiger partial charge in [0.05, 0.1) is 50.3 Å². The Morgan fingerprint density at radius 1 is 1.15 bits per heavy atom. The Morgan fingerprint density at radius 3 is 2.46 bits per heavy atom. The molecule has 0 saturated carbocycles. The van der Waals surface area contributed by atoms with Crippen LogP contribution in [0.4, 0.5) is 0 Å². The zero-order valence-electron chi connectivity index (χ0n) is 14.7. The molecule has 0 spiro atoms. The summed E-state index contributed by atoms with van der Waals surface area (Å²) in [7, 11) is -0.164. The third kappa shape index (κ3) is 4.15. The normalized spacial score (nSPS) is 16.6. The first-order chi connectivity index (χ1) is 12.4. The number of nitrogens with zero attached hydrogens (tertiary/aromatic N) is 1. The number of quaternary nitrogens is 1. The van der Waals surface area contributed by atoms with E-state index >= 15 is 0 Å². The fourth-order valence-corrected chi connectivity index (χ4v) is 6.15. The van der Waals surface area contributed by atoms with Crippen LogP contribution in [0, 0.1) is 0 Å². The fourth-order valence-electron chi connectivity index (χ4n) is 3.07. The monoisotopic (exact) mass is 417 g/mol. The molecule has 1 aliphatic heterocycles. The van der Waals surface area contributed by atoms with Gasteiger partial charge in [0.15, 0.2) is 0 Å². The number of piperazine rings is 1. The highest BCUT2D eigenvalue weighted by Crippen LogP contribution is 2.28. The lowest BCUT2D eigenvalue weighted by atomic mass is 10.1. The van der Waals surface area contributed by atoms with Gasteiger partial charge in [-0.1, -0.05) is 11.6 Å². The number of hydrogen-bond acceptors (Lipinski definition) is 5. The summed E-state index contributed by atoms with van der Waals surface area (Å²) in [5.74, 6) is 1.61. The number of halogens is 1. The van der Waals surface area contributed by atoms with E-state index in [9.17, 15) is 8.42 Å². The zero-order chi connectivity index (χ0) is 18.7. The van der Waals surface area contributed by atoms with Crippen LogP contribution in [0.2, 0.25) is 4.34 Å². The highest BCUT2D eigenvalue weighted by molar-refractivity contribution is 7.91. The first-order valence-electron chi connectivity index (χ1n) is 8.24. The van der Waals surface area contributed by atoms with E-state index in [-0.39, 0.29) is 0 Å². The molecule has 1 fully saturated rings. The van der Waals surface area contributed by atoms with Gasteiger partial charge in [-0.25, -0.2) is 8.42 Å². The quantitative estimate of drug-likeness (QED) is 0.774. The summed E-state index contributed by atoms with van der Waals surface area (Å²) in [4.78, 5) is 1.31. The number of rotatable bonds is 6. The van der Waals surface area contributed by atoms with Gasteiger partial charge < -0.3 is 14.4 Å². The van der Waals surface area contributed by atoms with E-state index in [0.29, 0.717) is 21.6 Å². The van der Waals surface area contributed by atoms with Crippen molar-refractivity contribution in [2.24, 2.45) is 0 Å². The third-order valence-electron chi connectivity index (χ3n) is 4.50. The SMILES string of the molecule is COc1ccc(OC)c(C[NH+]2CCN(S(=O)(=O)c3ccc(Cl)s3)CC2)c1. The molecule has 1 aromatic heterocycles. The Hall–Kier alpha value is -1.32. The van der Waals surface area contributed by atoms with Gasteiger partial charge in [0.25, 0.3) is 10.0 Å². The van der Waals surface area contributed by atoms with Crippen LogP contribution in [0.15, 0.2) is 34.5 Å². The average molecular weight is 418 g/mol. The number of methoxy groups -OCH3 is 2. The molecular weight excluding hydrogens is 396 g/mol. The van der Waals surface area contributed by atoms with Crippen LogP contribution in [-0.4, -0.2) is 53.1 Å². The second-order valence-electron chi connectivity index (χ2n) is 6.07. The van der Waals surface area contributed by atoms with Crippen molar-refractivity contribution in [3.63, 3.8) is 0 Å². The van der Waals surface area contributed by atoms with Crippen LogP contribution in [0.1, 0.15) is 5.56 Å². The van der Waals surface area contributed by atoms with Gasteiger partial charge in [-0.15, -0.1) is 11.3 Å². The van der Waals surface area contributed by atoms with Gasteiger partial charge in [0, 0.05) is 0 Å². The molecule has 0 amide bonds. The van der Waals surface area contributed by atoms with Crippen LogP contribution in [0.3, 0.4) is 0 Å². The Bertz CT molecular complexity index is 861. The lowest BCUT2D eigenvalue weighted by Gasteiger charge is -2.31. The summed E-state index contributed by atoms with van der Waals surface area (Å²) in [5.41, 5.74) is 1.06. The molecule has 0 radical (unpaired) electrons. The molecule has 1 saturated heterocycles. The first-order valence-corrected chi connectivity index (χ1v) is 10.9. The maximum Gasteiger partial charge on any atom is 0.253 e. The Balaban J connectivity index is 1.66. The summed E-state index contributed by atoms with van der Waals surface area (Å²) in [6.07, 6.45) is 0. The van der Waals surface area contributed by atoms with Crippen molar-refractivity contribution in [2.75, 3.05) is 40.4 Å². The Labute approximate surface area is 162 Å². The minimum atomic E-state index is -3.45. The van der Waals surface area contributed by atoms with E-state index in [0.717, 1.165) is 48.0 Å². The molecule has 0 aliphatic carbocycles. The van der Waals surface area contributed by atoms with Crippen molar-refractivity contribution in [1.29, 1.82) is 0 Å². The van der Waals surface area contributed by atoms with Crippen molar-refractivity contribution in [1.82, 2.24) is 4.31 Å². The average Bonchev–Trinajstić information content (AvgIpc) is 3.09. The van der Waals surface area contributed by atoms with Crippen LogP contribution < -0.4 is 14.4 Å². The zero-order valence-corrected chi connectivity index (χ0v) is 17.1. The number of benzene rings is 1. The highest BCUT2D eigenvalue weighted by atomic mass is 35.5. The van der Waals surface area contributed by atoms with Crippen molar-refractivity contribution in [2.45, 2.75) is 10.8 Å². The largest absolute Gasteiger partial charge is 0.497 e. The molecule has 9 heteroatoms. The number of sulfonamides is 1. The maximum absolute atomic E-state index is 12.7. The highest BCUT2D eigenvalue weighted by Gasteiger charge is 2.31. The number of thiophene rings is 1. The Kier molecular flexibility index (Phi) is 6.09. The molecule has 1 aliphatic rings.